The van der Waals surface area contributed by atoms with E-state index in [9.17, 15) is 4.79 Å². The predicted octanol–water partition coefficient (Wildman–Crippen LogP) is 1.64. The Morgan fingerprint density at radius 2 is 1.88 bits per heavy atom. The first-order valence-corrected chi connectivity index (χ1v) is 5.34. The van der Waals surface area contributed by atoms with Gasteiger partial charge in [0.25, 0.3) is 0 Å². The Morgan fingerprint density at radius 1 is 1.31 bits per heavy atom. The maximum absolute atomic E-state index is 11.6. The first kappa shape index (κ1) is 12.7. The first-order valence-electron chi connectivity index (χ1n) is 5.34. The maximum Gasteiger partial charge on any atom is 0.323 e. The number of methoxy groups -OCH3 is 1. The molecule has 88 valence electrons. The number of benzene rings is 1. The van der Waals surface area contributed by atoms with Gasteiger partial charge in [0.15, 0.2) is 0 Å². The standard InChI is InChI=1S/C13H19NO2/c1-10-5-7-11(8-6-10)9-12(14(2)3)13(15)16-4/h5-8,12H,9H2,1-4H3. The quantitative estimate of drug-likeness (QED) is 0.724. The second-order valence-electron chi connectivity index (χ2n) is 4.19. The highest BCUT2D eigenvalue weighted by atomic mass is 16.5. The minimum absolute atomic E-state index is 0.189. The van der Waals surface area contributed by atoms with Gasteiger partial charge in [-0.2, -0.15) is 0 Å². The van der Waals surface area contributed by atoms with Crippen LogP contribution < -0.4 is 0 Å². The number of rotatable bonds is 4. The summed E-state index contributed by atoms with van der Waals surface area (Å²) >= 11 is 0. The van der Waals surface area contributed by atoms with Crippen molar-refractivity contribution in [3.05, 3.63) is 35.4 Å². The average molecular weight is 221 g/mol. The number of hydrogen-bond donors (Lipinski definition) is 0. The van der Waals surface area contributed by atoms with Gasteiger partial charge in [-0.3, -0.25) is 9.69 Å². The third-order valence-corrected chi connectivity index (χ3v) is 2.65. The number of carbonyl (C=O) groups excluding carboxylic acids is 1. The Bertz CT molecular complexity index is 343. The van der Waals surface area contributed by atoms with Crippen LogP contribution in [-0.4, -0.2) is 38.1 Å². The lowest BCUT2D eigenvalue weighted by atomic mass is 10.0. The van der Waals surface area contributed by atoms with Gasteiger partial charge < -0.3 is 4.74 Å². The molecule has 3 nitrogen and oxygen atoms in total. The molecule has 0 bridgehead atoms. The van der Waals surface area contributed by atoms with Gasteiger partial charge in [-0.25, -0.2) is 0 Å². The normalized spacial score (nSPS) is 12.6. The summed E-state index contributed by atoms with van der Waals surface area (Å²) in [4.78, 5) is 13.4. The van der Waals surface area contributed by atoms with E-state index >= 15 is 0 Å². The van der Waals surface area contributed by atoms with Crippen LogP contribution in [0.2, 0.25) is 0 Å². The summed E-state index contributed by atoms with van der Waals surface area (Å²) in [6.07, 6.45) is 0.681. The predicted molar refractivity (Wildman–Crippen MR) is 64.4 cm³/mol. The van der Waals surface area contributed by atoms with Crippen LogP contribution in [0.15, 0.2) is 24.3 Å². The SMILES string of the molecule is COC(=O)C(Cc1ccc(C)cc1)N(C)C. The molecule has 1 rings (SSSR count). The van der Waals surface area contributed by atoms with Crippen LogP contribution in [0.3, 0.4) is 0 Å². The smallest absolute Gasteiger partial charge is 0.323 e. The molecule has 0 aliphatic carbocycles. The van der Waals surface area contributed by atoms with Crippen LogP contribution in [0.1, 0.15) is 11.1 Å². The summed E-state index contributed by atoms with van der Waals surface area (Å²) in [6, 6.07) is 8.00. The van der Waals surface area contributed by atoms with Crippen molar-refractivity contribution in [1.82, 2.24) is 4.90 Å². The first-order chi connectivity index (χ1) is 7.54. The highest BCUT2D eigenvalue weighted by molar-refractivity contribution is 5.76. The van der Waals surface area contributed by atoms with Gasteiger partial charge >= 0.3 is 5.97 Å². The van der Waals surface area contributed by atoms with Crippen molar-refractivity contribution >= 4 is 5.97 Å². The highest BCUT2D eigenvalue weighted by Gasteiger charge is 2.21. The Morgan fingerprint density at radius 3 is 2.31 bits per heavy atom. The molecule has 0 aliphatic heterocycles. The molecular formula is C13H19NO2. The topological polar surface area (TPSA) is 29.5 Å². The molecule has 0 saturated heterocycles. The molecule has 1 unspecified atom stereocenters. The van der Waals surface area contributed by atoms with Crippen molar-refractivity contribution in [1.29, 1.82) is 0 Å². The van der Waals surface area contributed by atoms with E-state index in [-0.39, 0.29) is 12.0 Å². The molecule has 1 aromatic rings. The third kappa shape index (κ3) is 3.35. The molecule has 0 spiro atoms. The zero-order valence-electron chi connectivity index (χ0n) is 10.4. The van der Waals surface area contributed by atoms with Crippen molar-refractivity contribution in [2.45, 2.75) is 19.4 Å². The van der Waals surface area contributed by atoms with E-state index < -0.39 is 0 Å². The molecule has 0 aromatic heterocycles. The van der Waals surface area contributed by atoms with Crippen molar-refractivity contribution in [3.63, 3.8) is 0 Å². The molecule has 0 amide bonds. The largest absolute Gasteiger partial charge is 0.468 e. The third-order valence-electron chi connectivity index (χ3n) is 2.65. The summed E-state index contributed by atoms with van der Waals surface area (Å²) in [5.74, 6) is -0.189. The average Bonchev–Trinajstić information content (AvgIpc) is 2.27. The second-order valence-corrected chi connectivity index (χ2v) is 4.19. The van der Waals surface area contributed by atoms with Gasteiger partial charge in [0.05, 0.1) is 7.11 Å². The van der Waals surface area contributed by atoms with Crippen molar-refractivity contribution < 1.29 is 9.53 Å². The van der Waals surface area contributed by atoms with E-state index in [1.807, 2.05) is 25.9 Å². The highest BCUT2D eigenvalue weighted by Crippen LogP contribution is 2.09. The molecule has 16 heavy (non-hydrogen) atoms. The van der Waals surface area contributed by atoms with Gasteiger partial charge in [-0.1, -0.05) is 29.8 Å². The monoisotopic (exact) mass is 221 g/mol. The number of ether oxygens (including phenoxy) is 1. The summed E-state index contributed by atoms with van der Waals surface area (Å²) < 4.78 is 4.79. The van der Waals surface area contributed by atoms with Crippen molar-refractivity contribution in [2.75, 3.05) is 21.2 Å². The van der Waals surface area contributed by atoms with Gasteiger partial charge in [0.1, 0.15) is 6.04 Å². The van der Waals surface area contributed by atoms with Crippen LogP contribution >= 0.6 is 0 Å². The Labute approximate surface area is 97.0 Å². The lowest BCUT2D eigenvalue weighted by Crippen LogP contribution is -2.38. The minimum atomic E-state index is -0.215. The van der Waals surface area contributed by atoms with E-state index in [0.717, 1.165) is 5.56 Å². The van der Waals surface area contributed by atoms with Gasteiger partial charge in [-0.15, -0.1) is 0 Å². The Hall–Kier alpha value is -1.35. The van der Waals surface area contributed by atoms with Crippen molar-refractivity contribution in [2.24, 2.45) is 0 Å². The molecule has 0 saturated carbocycles. The minimum Gasteiger partial charge on any atom is -0.468 e. The number of likely N-dealkylation sites (N-methyl/N-ethyl adjacent to an activating group) is 1. The van der Waals surface area contributed by atoms with Crippen LogP contribution in [0.4, 0.5) is 0 Å². The van der Waals surface area contributed by atoms with E-state index in [1.165, 1.54) is 12.7 Å². The zero-order chi connectivity index (χ0) is 12.1. The second kappa shape index (κ2) is 5.66. The Kier molecular flexibility index (Phi) is 4.50. The fourth-order valence-electron chi connectivity index (χ4n) is 1.56. The molecule has 0 radical (unpaired) electrons. The van der Waals surface area contributed by atoms with Crippen molar-refractivity contribution in [3.8, 4) is 0 Å². The molecular weight excluding hydrogens is 202 g/mol. The fraction of sp³-hybridized carbons (Fsp3) is 0.462. The lowest BCUT2D eigenvalue weighted by Gasteiger charge is -2.21. The van der Waals surface area contributed by atoms with Gasteiger partial charge in [0.2, 0.25) is 0 Å². The molecule has 1 aromatic carbocycles. The van der Waals surface area contributed by atoms with E-state index in [1.54, 1.807) is 0 Å². The van der Waals surface area contributed by atoms with Crippen LogP contribution in [-0.2, 0) is 16.0 Å². The fourth-order valence-corrected chi connectivity index (χ4v) is 1.56. The van der Waals surface area contributed by atoms with E-state index in [0.29, 0.717) is 6.42 Å². The van der Waals surface area contributed by atoms with Gasteiger partial charge in [0, 0.05) is 0 Å². The number of carbonyl (C=O) groups is 1. The van der Waals surface area contributed by atoms with Crippen LogP contribution in [0.5, 0.6) is 0 Å². The van der Waals surface area contributed by atoms with Gasteiger partial charge in [-0.05, 0) is 33.0 Å². The number of hydrogen-bond acceptors (Lipinski definition) is 3. The van der Waals surface area contributed by atoms with Crippen LogP contribution in [0, 0.1) is 6.92 Å². The molecule has 0 heterocycles. The number of nitrogens with zero attached hydrogens (tertiary/aromatic N) is 1. The van der Waals surface area contributed by atoms with Crippen LogP contribution in [0.25, 0.3) is 0 Å². The molecule has 0 aliphatic rings. The Balaban J connectivity index is 2.75. The number of esters is 1. The van der Waals surface area contributed by atoms with E-state index in [2.05, 4.69) is 24.3 Å². The molecule has 3 heteroatoms. The number of aryl methyl sites for hydroxylation is 1. The zero-order valence-corrected chi connectivity index (χ0v) is 10.4. The maximum atomic E-state index is 11.6. The molecule has 0 fully saturated rings. The molecule has 1 atom stereocenters. The summed E-state index contributed by atoms with van der Waals surface area (Å²) in [5.41, 5.74) is 2.37. The summed E-state index contributed by atoms with van der Waals surface area (Å²) in [5, 5.41) is 0. The summed E-state index contributed by atoms with van der Waals surface area (Å²) in [6.45, 7) is 2.05. The lowest BCUT2D eigenvalue weighted by molar-refractivity contribution is -0.145. The molecule has 0 N–H and O–H groups in total. The summed E-state index contributed by atoms with van der Waals surface area (Å²) in [7, 11) is 5.19. The van der Waals surface area contributed by atoms with E-state index in [4.69, 9.17) is 4.74 Å².